The van der Waals surface area contributed by atoms with Gasteiger partial charge in [0.2, 0.25) is 0 Å². The summed E-state index contributed by atoms with van der Waals surface area (Å²) in [5.41, 5.74) is 0. The van der Waals surface area contributed by atoms with Crippen LogP contribution in [-0.2, 0) is 4.74 Å². The number of rotatable bonds is 1. The summed E-state index contributed by atoms with van der Waals surface area (Å²) < 4.78 is 5.10. The Bertz CT molecular complexity index is 631. The standard InChI is InChI=1S/2C7H15N.C6H13N.C5H12N2.C5H11NO.C5H11N.C4H8/c1-7-3-5-8(2)6-4-7;1-3-8-5-4-7(2)6-8;1-6-3-4-7(2)5-6;1-7-4-2-6-3-5-7;1-6-2-4-7-5-3-6;1-5-2-3-6-4-5;1-4-2-3-4/h2*7H,3-6H2,1-2H3;6H,3-5H2,1-2H3;6H,2-5H2,1H3;2-5H2,1H3;5-6H,2-4H2,1H3;4H,2-3H2,1H3/t;7-;6-;;;5-;/m.00..0./s1. The number of morpholine rings is 1. The summed E-state index contributed by atoms with van der Waals surface area (Å²) >= 11 is 0. The molecule has 0 aromatic carbocycles. The predicted octanol–water partition coefficient (Wildman–Crippen LogP) is 5.16. The predicted molar refractivity (Wildman–Crippen MR) is 207 cm³/mol. The third-order valence-corrected chi connectivity index (χ3v) is 10.3. The Morgan fingerprint density at radius 2 is 0.957 bits per heavy atom. The van der Waals surface area contributed by atoms with E-state index in [2.05, 4.69) is 105 Å². The molecule has 0 aromatic heterocycles. The number of likely N-dealkylation sites (tertiary alicyclic amines) is 3. The summed E-state index contributed by atoms with van der Waals surface area (Å²) in [5.74, 6) is 4.90. The van der Waals surface area contributed by atoms with E-state index >= 15 is 0 Å². The van der Waals surface area contributed by atoms with Gasteiger partial charge < -0.3 is 39.9 Å². The number of piperazine rings is 1. The van der Waals surface area contributed by atoms with Gasteiger partial charge in [0.1, 0.15) is 0 Å². The molecule has 0 unspecified atom stereocenters. The van der Waals surface area contributed by atoms with Gasteiger partial charge in [0.05, 0.1) is 13.2 Å². The summed E-state index contributed by atoms with van der Waals surface area (Å²) in [6, 6.07) is 0. The fourth-order valence-electron chi connectivity index (χ4n) is 6.00. The summed E-state index contributed by atoms with van der Waals surface area (Å²) in [4.78, 5) is 11.9. The second-order valence-corrected chi connectivity index (χ2v) is 16.2. The highest BCUT2D eigenvalue weighted by molar-refractivity contribution is 4.70. The first-order chi connectivity index (χ1) is 22.5. The number of hydrogen-bond acceptors (Lipinski definition) is 8. The molecule has 0 radical (unpaired) electrons. The molecule has 8 heteroatoms. The van der Waals surface area contributed by atoms with E-state index in [1.54, 1.807) is 0 Å². The second-order valence-electron chi connectivity index (χ2n) is 16.2. The first-order valence-electron chi connectivity index (χ1n) is 19.9. The van der Waals surface area contributed by atoms with Crippen LogP contribution in [0, 0.1) is 29.6 Å². The molecule has 2 N–H and O–H groups in total. The Kier molecular flexibility index (Phi) is 27.0. The molecule has 282 valence electrons. The van der Waals surface area contributed by atoms with E-state index in [1.807, 2.05) is 0 Å². The molecule has 0 aromatic rings. The Balaban J connectivity index is 0.000000276. The maximum absolute atomic E-state index is 5.10. The molecule has 0 amide bonds. The maximum Gasteiger partial charge on any atom is 0.0594 e. The third kappa shape index (κ3) is 28.1. The van der Waals surface area contributed by atoms with Crippen molar-refractivity contribution in [1.82, 2.24) is 35.1 Å². The average Bonchev–Trinajstić information content (AvgIpc) is 3.36. The van der Waals surface area contributed by atoms with E-state index in [0.717, 1.165) is 69.0 Å². The average molecular weight is 668 g/mol. The van der Waals surface area contributed by atoms with E-state index in [0.29, 0.717) is 0 Å². The highest BCUT2D eigenvalue weighted by Gasteiger charge is 2.16. The van der Waals surface area contributed by atoms with Crippen molar-refractivity contribution < 1.29 is 4.74 Å². The van der Waals surface area contributed by atoms with Gasteiger partial charge in [0, 0.05) is 52.4 Å². The quantitative estimate of drug-likeness (QED) is 0.398. The highest BCUT2D eigenvalue weighted by atomic mass is 16.5. The van der Waals surface area contributed by atoms with Crippen molar-refractivity contribution >= 4 is 0 Å². The summed E-state index contributed by atoms with van der Waals surface area (Å²) in [6.45, 7) is 34.1. The van der Waals surface area contributed by atoms with E-state index in [4.69, 9.17) is 4.74 Å². The van der Waals surface area contributed by atoms with Gasteiger partial charge in [-0.25, -0.2) is 0 Å². The van der Waals surface area contributed by atoms with Crippen LogP contribution in [0.15, 0.2) is 0 Å². The Labute approximate surface area is 295 Å². The number of nitrogens with one attached hydrogen (secondary N) is 2. The van der Waals surface area contributed by atoms with Gasteiger partial charge in [0.15, 0.2) is 0 Å². The zero-order valence-corrected chi connectivity index (χ0v) is 33.5. The van der Waals surface area contributed by atoms with E-state index in [9.17, 15) is 0 Å². The largest absolute Gasteiger partial charge is 0.379 e. The molecule has 3 atom stereocenters. The zero-order valence-electron chi connectivity index (χ0n) is 33.5. The summed E-state index contributed by atoms with van der Waals surface area (Å²) in [5, 5.41) is 6.55. The Morgan fingerprint density at radius 3 is 1.19 bits per heavy atom. The molecular formula is C39H85N7O. The molecule has 1 aliphatic carbocycles. The van der Waals surface area contributed by atoms with Gasteiger partial charge in [-0.2, -0.15) is 0 Å². The molecule has 7 rings (SSSR count). The minimum absolute atomic E-state index is 0.913. The van der Waals surface area contributed by atoms with Crippen molar-refractivity contribution in [3.63, 3.8) is 0 Å². The van der Waals surface area contributed by atoms with Crippen LogP contribution in [0.25, 0.3) is 0 Å². The van der Waals surface area contributed by atoms with Crippen molar-refractivity contribution in [2.75, 3.05) is 140 Å². The van der Waals surface area contributed by atoms with Crippen LogP contribution in [0.3, 0.4) is 0 Å². The minimum Gasteiger partial charge on any atom is -0.379 e. The lowest BCUT2D eigenvalue weighted by Gasteiger charge is -2.26. The first kappa shape index (κ1) is 44.7. The van der Waals surface area contributed by atoms with Crippen molar-refractivity contribution in [2.45, 2.75) is 86.5 Å². The molecule has 6 aliphatic heterocycles. The maximum atomic E-state index is 5.10. The third-order valence-electron chi connectivity index (χ3n) is 10.3. The van der Waals surface area contributed by atoms with Crippen LogP contribution in [0.4, 0.5) is 0 Å². The molecule has 6 saturated heterocycles. The fraction of sp³-hybridized carbons (Fsp3) is 1.00. The molecule has 47 heavy (non-hydrogen) atoms. The van der Waals surface area contributed by atoms with E-state index < -0.39 is 0 Å². The molecule has 7 aliphatic rings. The van der Waals surface area contributed by atoms with Gasteiger partial charge in [-0.05, 0) is 136 Å². The molecular weight excluding hydrogens is 582 g/mol. The molecule has 0 spiro atoms. The van der Waals surface area contributed by atoms with Crippen molar-refractivity contribution in [1.29, 1.82) is 0 Å². The number of likely N-dealkylation sites (N-methyl/N-ethyl adjacent to an activating group) is 2. The van der Waals surface area contributed by atoms with E-state index in [-0.39, 0.29) is 0 Å². The molecule has 8 nitrogen and oxygen atoms in total. The van der Waals surface area contributed by atoms with Crippen molar-refractivity contribution in [2.24, 2.45) is 29.6 Å². The first-order valence-corrected chi connectivity index (χ1v) is 19.9. The molecule has 7 fully saturated rings. The van der Waals surface area contributed by atoms with Crippen LogP contribution in [0.5, 0.6) is 0 Å². The van der Waals surface area contributed by atoms with Crippen LogP contribution in [0.1, 0.15) is 86.5 Å². The second kappa shape index (κ2) is 28.4. The topological polar surface area (TPSA) is 49.5 Å². The van der Waals surface area contributed by atoms with Crippen LogP contribution >= 0.6 is 0 Å². The van der Waals surface area contributed by atoms with Crippen LogP contribution in [0.2, 0.25) is 0 Å². The van der Waals surface area contributed by atoms with Crippen molar-refractivity contribution in [3.05, 3.63) is 0 Å². The smallest absolute Gasteiger partial charge is 0.0594 e. The van der Waals surface area contributed by atoms with Gasteiger partial charge >= 0.3 is 0 Å². The normalized spacial score (nSPS) is 29.1. The fourth-order valence-corrected chi connectivity index (χ4v) is 6.00. The SMILES string of the molecule is CC1CC1.CC1CCN(C)CC1.CCN1CC[C@H](C)C1.CN1CCNCC1.CN1CCOCC1.C[C@H]1CCN(C)C1.C[C@H]1CCNC1. The highest BCUT2D eigenvalue weighted by Crippen LogP contribution is 2.26. The molecule has 6 heterocycles. The lowest BCUT2D eigenvalue weighted by Crippen LogP contribution is -2.40. The van der Waals surface area contributed by atoms with Gasteiger partial charge in [0.25, 0.3) is 0 Å². The zero-order chi connectivity index (χ0) is 34.9. The number of nitrogens with zero attached hydrogens (tertiary/aromatic N) is 5. The van der Waals surface area contributed by atoms with Gasteiger partial charge in [-0.3, -0.25) is 0 Å². The lowest BCUT2D eigenvalue weighted by molar-refractivity contribution is 0.0503. The lowest BCUT2D eigenvalue weighted by atomic mass is 10.00. The number of ether oxygens (including phenoxy) is 1. The van der Waals surface area contributed by atoms with Crippen LogP contribution < -0.4 is 10.6 Å². The molecule has 0 bridgehead atoms. The monoisotopic (exact) mass is 668 g/mol. The van der Waals surface area contributed by atoms with Gasteiger partial charge in [-0.1, -0.05) is 54.4 Å². The van der Waals surface area contributed by atoms with Crippen LogP contribution in [-0.4, -0.2) is 164 Å². The number of piperidine rings is 1. The summed E-state index contributed by atoms with van der Waals surface area (Å²) in [7, 11) is 8.65. The number of hydrogen-bond donors (Lipinski definition) is 2. The van der Waals surface area contributed by atoms with Gasteiger partial charge in [-0.15, -0.1) is 0 Å². The Hall–Kier alpha value is -0.320. The minimum atomic E-state index is 0.913. The molecule has 1 saturated carbocycles. The Morgan fingerprint density at radius 1 is 0.468 bits per heavy atom. The van der Waals surface area contributed by atoms with Crippen molar-refractivity contribution in [3.8, 4) is 0 Å². The summed E-state index contributed by atoms with van der Waals surface area (Å²) in [6.07, 6.45) is 9.96. The van der Waals surface area contributed by atoms with E-state index in [1.165, 1.54) is 117 Å².